The number of hydrogen-bond donors (Lipinski definition) is 2. The Labute approximate surface area is 203 Å². The molecule has 0 fully saturated rings. The molecule has 8 heteroatoms. The maximum atomic E-state index is 12.9. The number of amides is 3. The standard InChI is InChI=1S/C26H26ClN3O4/c1-30(17-24(31)28-19-11-8-12-20(15-19)34-2)25(32)16-23(18-9-4-3-5-10-18)29-26(33)21-13-6-7-14-22(21)27/h3-15,23H,16-17H2,1-2H3,(H,28,31)(H,29,33)/t23-/m1/s1. The number of carbonyl (C=O) groups is 3. The molecule has 7 nitrogen and oxygen atoms in total. The first kappa shape index (κ1) is 24.8. The summed E-state index contributed by atoms with van der Waals surface area (Å²) in [7, 11) is 3.09. The first-order valence-electron chi connectivity index (χ1n) is 10.7. The molecule has 0 spiro atoms. The minimum atomic E-state index is -0.596. The summed E-state index contributed by atoms with van der Waals surface area (Å²) in [5.74, 6) is -0.414. The third-order valence-corrected chi connectivity index (χ3v) is 5.49. The first-order chi connectivity index (χ1) is 16.4. The molecule has 3 rings (SSSR count). The molecule has 0 saturated carbocycles. The van der Waals surface area contributed by atoms with E-state index in [0.29, 0.717) is 22.0 Å². The molecule has 0 unspecified atom stereocenters. The molecule has 0 aliphatic carbocycles. The van der Waals surface area contributed by atoms with Gasteiger partial charge in [0.15, 0.2) is 0 Å². The van der Waals surface area contributed by atoms with Crippen LogP contribution in [0.2, 0.25) is 5.02 Å². The van der Waals surface area contributed by atoms with E-state index in [9.17, 15) is 14.4 Å². The van der Waals surface area contributed by atoms with Gasteiger partial charge in [0.1, 0.15) is 5.75 Å². The van der Waals surface area contributed by atoms with E-state index in [2.05, 4.69) is 10.6 Å². The predicted octanol–water partition coefficient (Wildman–Crippen LogP) is 4.31. The Balaban J connectivity index is 1.66. The summed E-state index contributed by atoms with van der Waals surface area (Å²) in [5, 5.41) is 5.97. The number of rotatable bonds is 9. The second-order valence-corrected chi connectivity index (χ2v) is 8.06. The van der Waals surface area contributed by atoms with Gasteiger partial charge in [0.25, 0.3) is 5.91 Å². The molecule has 0 radical (unpaired) electrons. The fourth-order valence-electron chi connectivity index (χ4n) is 3.35. The van der Waals surface area contributed by atoms with Crippen LogP contribution in [-0.4, -0.2) is 43.3 Å². The zero-order valence-corrected chi connectivity index (χ0v) is 19.7. The van der Waals surface area contributed by atoms with E-state index in [1.54, 1.807) is 62.7 Å². The number of methoxy groups -OCH3 is 1. The number of carbonyl (C=O) groups excluding carboxylic acids is 3. The van der Waals surface area contributed by atoms with Gasteiger partial charge in [-0.25, -0.2) is 0 Å². The number of ether oxygens (including phenoxy) is 1. The highest BCUT2D eigenvalue weighted by molar-refractivity contribution is 6.33. The van der Waals surface area contributed by atoms with E-state index in [0.717, 1.165) is 5.56 Å². The third-order valence-electron chi connectivity index (χ3n) is 5.16. The van der Waals surface area contributed by atoms with Gasteiger partial charge in [-0.15, -0.1) is 0 Å². The molecule has 3 aromatic rings. The van der Waals surface area contributed by atoms with Crippen LogP contribution in [0.3, 0.4) is 0 Å². The number of anilines is 1. The van der Waals surface area contributed by atoms with Crippen molar-refractivity contribution >= 4 is 35.0 Å². The largest absolute Gasteiger partial charge is 0.497 e. The highest BCUT2D eigenvalue weighted by atomic mass is 35.5. The summed E-state index contributed by atoms with van der Waals surface area (Å²) in [5.41, 5.74) is 1.66. The minimum absolute atomic E-state index is 0.0247. The average molecular weight is 480 g/mol. The summed E-state index contributed by atoms with van der Waals surface area (Å²) < 4.78 is 5.15. The molecule has 0 aromatic heterocycles. The van der Waals surface area contributed by atoms with E-state index in [-0.39, 0.29) is 30.7 Å². The van der Waals surface area contributed by atoms with Crippen LogP contribution in [0.5, 0.6) is 5.75 Å². The molecule has 0 bridgehead atoms. The summed E-state index contributed by atoms with van der Waals surface area (Å²) in [6.45, 7) is -0.143. The van der Waals surface area contributed by atoms with Gasteiger partial charge in [-0.3, -0.25) is 14.4 Å². The van der Waals surface area contributed by atoms with Gasteiger partial charge in [-0.05, 0) is 29.8 Å². The van der Waals surface area contributed by atoms with Crippen molar-refractivity contribution in [1.29, 1.82) is 0 Å². The molecular weight excluding hydrogens is 454 g/mol. The number of hydrogen-bond acceptors (Lipinski definition) is 4. The van der Waals surface area contributed by atoms with Crippen molar-refractivity contribution in [3.05, 3.63) is 95.0 Å². The molecule has 1 atom stereocenters. The number of nitrogens with zero attached hydrogens (tertiary/aromatic N) is 1. The van der Waals surface area contributed by atoms with Gasteiger partial charge in [-0.1, -0.05) is 60.1 Å². The van der Waals surface area contributed by atoms with Crippen LogP contribution in [0, 0.1) is 0 Å². The lowest BCUT2D eigenvalue weighted by atomic mass is 10.0. The second kappa shape index (κ2) is 11.9. The van der Waals surface area contributed by atoms with E-state index in [1.165, 1.54) is 4.90 Å². The maximum Gasteiger partial charge on any atom is 0.253 e. The van der Waals surface area contributed by atoms with Crippen molar-refractivity contribution in [3.63, 3.8) is 0 Å². The van der Waals surface area contributed by atoms with Crippen molar-refractivity contribution < 1.29 is 19.1 Å². The molecule has 0 saturated heterocycles. The topological polar surface area (TPSA) is 87.7 Å². The van der Waals surface area contributed by atoms with Crippen molar-refractivity contribution in [2.45, 2.75) is 12.5 Å². The van der Waals surface area contributed by atoms with Gasteiger partial charge in [-0.2, -0.15) is 0 Å². The van der Waals surface area contributed by atoms with Crippen LogP contribution >= 0.6 is 11.6 Å². The van der Waals surface area contributed by atoms with Gasteiger partial charge < -0.3 is 20.3 Å². The zero-order chi connectivity index (χ0) is 24.5. The normalized spacial score (nSPS) is 11.3. The van der Waals surface area contributed by atoms with Crippen LogP contribution in [-0.2, 0) is 9.59 Å². The van der Waals surface area contributed by atoms with E-state index in [4.69, 9.17) is 16.3 Å². The third kappa shape index (κ3) is 6.83. The molecule has 176 valence electrons. The van der Waals surface area contributed by atoms with Crippen LogP contribution in [0.25, 0.3) is 0 Å². The van der Waals surface area contributed by atoms with Crippen LogP contribution in [0.4, 0.5) is 5.69 Å². The van der Waals surface area contributed by atoms with E-state index in [1.807, 2.05) is 30.3 Å². The highest BCUT2D eigenvalue weighted by Crippen LogP contribution is 2.21. The molecule has 3 amide bonds. The summed E-state index contributed by atoms with van der Waals surface area (Å²) in [6.07, 6.45) is -0.0247. The molecule has 34 heavy (non-hydrogen) atoms. The van der Waals surface area contributed by atoms with Gasteiger partial charge in [0, 0.05) is 18.8 Å². The summed E-state index contributed by atoms with van der Waals surface area (Å²) in [4.78, 5) is 39.6. The Hall–Kier alpha value is -3.84. The van der Waals surface area contributed by atoms with E-state index >= 15 is 0 Å². The molecule has 3 aromatic carbocycles. The predicted molar refractivity (Wildman–Crippen MR) is 132 cm³/mol. The van der Waals surface area contributed by atoms with Crippen LogP contribution in [0.15, 0.2) is 78.9 Å². The molecule has 0 aliphatic heterocycles. The van der Waals surface area contributed by atoms with Gasteiger partial charge in [0.05, 0.1) is 36.7 Å². The average Bonchev–Trinajstić information content (AvgIpc) is 2.84. The quantitative estimate of drug-likeness (QED) is 0.479. The lowest BCUT2D eigenvalue weighted by molar-refractivity contribution is -0.133. The number of halogens is 1. The SMILES string of the molecule is COc1cccc(NC(=O)CN(C)C(=O)C[C@@H](NC(=O)c2ccccc2Cl)c2ccccc2)c1. The Morgan fingerprint density at radius 2 is 1.68 bits per heavy atom. The van der Waals surface area contributed by atoms with Crippen LogP contribution < -0.4 is 15.4 Å². The molecule has 0 heterocycles. The Morgan fingerprint density at radius 3 is 2.38 bits per heavy atom. The Bertz CT molecular complexity index is 1150. The summed E-state index contributed by atoms with van der Waals surface area (Å²) >= 11 is 6.16. The highest BCUT2D eigenvalue weighted by Gasteiger charge is 2.23. The molecular formula is C26H26ClN3O4. The lowest BCUT2D eigenvalue weighted by Crippen LogP contribution is -2.38. The monoisotopic (exact) mass is 479 g/mol. The first-order valence-corrected chi connectivity index (χ1v) is 11.0. The fraction of sp³-hybridized carbons (Fsp3) is 0.192. The van der Waals surface area contributed by atoms with E-state index < -0.39 is 6.04 Å². The number of likely N-dealkylation sites (N-methyl/N-ethyl adjacent to an activating group) is 1. The van der Waals surface area contributed by atoms with Gasteiger partial charge >= 0.3 is 0 Å². The maximum absolute atomic E-state index is 12.9. The molecule has 0 aliphatic rings. The van der Waals surface area contributed by atoms with Gasteiger partial charge in [0.2, 0.25) is 11.8 Å². The number of nitrogens with one attached hydrogen (secondary N) is 2. The second-order valence-electron chi connectivity index (χ2n) is 7.65. The zero-order valence-electron chi connectivity index (χ0n) is 19.0. The van der Waals surface area contributed by atoms with Crippen molar-refractivity contribution in [2.24, 2.45) is 0 Å². The minimum Gasteiger partial charge on any atom is -0.497 e. The van der Waals surface area contributed by atoms with Crippen molar-refractivity contribution in [2.75, 3.05) is 26.0 Å². The lowest BCUT2D eigenvalue weighted by Gasteiger charge is -2.23. The fourth-order valence-corrected chi connectivity index (χ4v) is 3.58. The Kier molecular flexibility index (Phi) is 8.65. The van der Waals surface area contributed by atoms with Crippen molar-refractivity contribution in [3.8, 4) is 5.75 Å². The summed E-state index contributed by atoms with van der Waals surface area (Å²) in [6, 6.07) is 22.3. The molecule has 2 N–H and O–H groups in total. The number of benzene rings is 3. The smallest absolute Gasteiger partial charge is 0.253 e. The van der Waals surface area contributed by atoms with Crippen LogP contribution in [0.1, 0.15) is 28.4 Å². The Morgan fingerprint density at radius 1 is 0.971 bits per heavy atom. The van der Waals surface area contributed by atoms with Crippen molar-refractivity contribution in [1.82, 2.24) is 10.2 Å².